The minimum Gasteiger partial charge on any atom is -0.289 e. The number of ketones is 1. The van der Waals surface area contributed by atoms with Gasteiger partial charge in [0.2, 0.25) is 0 Å². The molecule has 0 spiro atoms. The second-order valence-corrected chi connectivity index (χ2v) is 8.45. The molecule has 5 rings (SSSR count). The second kappa shape index (κ2) is 7.02. The summed E-state index contributed by atoms with van der Waals surface area (Å²) in [6.45, 7) is 0. The van der Waals surface area contributed by atoms with Crippen molar-refractivity contribution in [3.63, 3.8) is 0 Å². The van der Waals surface area contributed by atoms with E-state index in [1.807, 2.05) is 24.3 Å². The molecule has 0 saturated heterocycles. The van der Waals surface area contributed by atoms with Crippen LogP contribution in [-0.2, 0) is 0 Å². The zero-order valence-electron chi connectivity index (χ0n) is 14.9. The molecular weight excluding hydrogens is 427 g/mol. The second-order valence-electron chi connectivity index (χ2n) is 6.59. The van der Waals surface area contributed by atoms with E-state index in [1.165, 1.54) is 16.4 Å². The number of halogens is 2. The summed E-state index contributed by atoms with van der Waals surface area (Å²) in [7, 11) is 0. The molecule has 0 aliphatic heterocycles. The van der Waals surface area contributed by atoms with Crippen LogP contribution in [0.3, 0.4) is 0 Å². The van der Waals surface area contributed by atoms with E-state index in [-0.39, 0.29) is 17.4 Å². The lowest BCUT2D eigenvalue weighted by Crippen LogP contribution is -2.14. The van der Waals surface area contributed by atoms with Gasteiger partial charge in [-0.1, -0.05) is 59.6 Å². The van der Waals surface area contributed by atoms with Gasteiger partial charge in [-0.15, -0.1) is 11.8 Å². The fourth-order valence-electron chi connectivity index (χ4n) is 3.56. The highest BCUT2D eigenvalue weighted by Crippen LogP contribution is 2.39. The highest BCUT2D eigenvalue weighted by atomic mass is 35.5. The van der Waals surface area contributed by atoms with Gasteiger partial charge >= 0.3 is 0 Å². The van der Waals surface area contributed by atoms with Crippen LogP contribution in [-0.4, -0.2) is 27.2 Å². The van der Waals surface area contributed by atoms with E-state index in [0.717, 1.165) is 15.8 Å². The van der Waals surface area contributed by atoms with Gasteiger partial charge in [0.15, 0.2) is 5.78 Å². The molecule has 0 amide bonds. The Balaban J connectivity index is 1.57. The summed E-state index contributed by atoms with van der Waals surface area (Å²) in [5, 5.41) is 6.41. The predicted octanol–water partition coefficient (Wildman–Crippen LogP) is 5.99. The van der Waals surface area contributed by atoms with Gasteiger partial charge < -0.3 is 0 Å². The molecule has 0 bridgehead atoms. The zero-order chi connectivity index (χ0) is 20.1. The molecule has 1 heterocycles. The summed E-state index contributed by atoms with van der Waals surface area (Å²) in [5.41, 5.74) is 3.21. The number of thioether (sulfide) groups is 1. The Morgan fingerprint density at radius 2 is 1.72 bits per heavy atom. The maximum absolute atomic E-state index is 13.0. The van der Waals surface area contributed by atoms with Crippen molar-refractivity contribution in [2.75, 3.05) is 5.75 Å². The Morgan fingerprint density at radius 1 is 0.966 bits per heavy atom. The molecule has 0 saturated carbocycles. The van der Waals surface area contributed by atoms with Gasteiger partial charge in [-0.3, -0.25) is 9.59 Å². The minimum absolute atomic E-state index is 0.0502. The number of rotatable bonds is 3. The van der Waals surface area contributed by atoms with Crippen LogP contribution < -0.4 is 0 Å². The average molecular weight is 439 g/mol. The molecule has 0 radical (unpaired) electrons. The number of hydrogen-bond acceptors (Lipinski definition) is 4. The Bertz CT molecular complexity index is 1330. The van der Waals surface area contributed by atoms with Crippen LogP contribution in [0.1, 0.15) is 20.7 Å². The Hall–Kier alpha value is -2.60. The van der Waals surface area contributed by atoms with Crippen molar-refractivity contribution in [1.82, 2.24) is 9.78 Å². The van der Waals surface area contributed by atoms with Crippen LogP contribution >= 0.6 is 35.0 Å². The molecule has 142 valence electrons. The first-order chi connectivity index (χ1) is 14.0. The van der Waals surface area contributed by atoms with Gasteiger partial charge in [-0.2, -0.15) is 9.78 Å². The predicted molar refractivity (Wildman–Crippen MR) is 116 cm³/mol. The fourth-order valence-corrected chi connectivity index (χ4v) is 4.89. The lowest BCUT2D eigenvalue weighted by molar-refractivity contribution is 0.0932. The summed E-state index contributed by atoms with van der Waals surface area (Å²) in [6, 6.07) is 17.8. The highest BCUT2D eigenvalue weighted by Gasteiger charge is 2.29. The summed E-state index contributed by atoms with van der Waals surface area (Å²) in [5.74, 6) is -0.118. The van der Waals surface area contributed by atoms with E-state index in [1.54, 1.807) is 36.4 Å². The summed E-state index contributed by atoms with van der Waals surface area (Å²) in [4.78, 5) is 26.6. The topological polar surface area (TPSA) is 52.0 Å². The number of benzene rings is 3. The van der Waals surface area contributed by atoms with Gasteiger partial charge in [0.05, 0.1) is 16.3 Å². The van der Waals surface area contributed by atoms with Gasteiger partial charge in [0, 0.05) is 32.0 Å². The van der Waals surface area contributed by atoms with E-state index >= 15 is 0 Å². The molecule has 4 nitrogen and oxygen atoms in total. The number of aromatic nitrogens is 2. The fraction of sp³-hybridized carbons (Fsp3) is 0.0455. The maximum atomic E-state index is 13.0. The lowest BCUT2D eigenvalue weighted by atomic mass is 9.87. The van der Waals surface area contributed by atoms with E-state index in [0.29, 0.717) is 32.4 Å². The quantitative estimate of drug-likeness (QED) is 0.324. The van der Waals surface area contributed by atoms with Gasteiger partial charge in [-0.05, 0) is 24.3 Å². The van der Waals surface area contributed by atoms with Gasteiger partial charge in [-0.25, -0.2) is 0 Å². The van der Waals surface area contributed by atoms with Crippen LogP contribution in [0.15, 0.2) is 65.6 Å². The van der Waals surface area contributed by atoms with Crippen LogP contribution in [0.5, 0.6) is 0 Å². The van der Waals surface area contributed by atoms with Crippen molar-refractivity contribution in [1.29, 1.82) is 0 Å². The maximum Gasteiger partial charge on any atom is 0.257 e. The number of carbonyl (C=O) groups excluding carboxylic acids is 2. The van der Waals surface area contributed by atoms with Crippen molar-refractivity contribution in [2.24, 2.45) is 0 Å². The molecule has 0 N–H and O–H groups in total. The molecular formula is C22H12Cl2N2O2S. The molecule has 0 fully saturated rings. The Labute approximate surface area is 180 Å². The van der Waals surface area contributed by atoms with Crippen LogP contribution in [0.4, 0.5) is 0 Å². The largest absolute Gasteiger partial charge is 0.289 e. The van der Waals surface area contributed by atoms with Crippen molar-refractivity contribution in [3.05, 3.63) is 81.8 Å². The zero-order valence-corrected chi connectivity index (χ0v) is 17.2. The van der Waals surface area contributed by atoms with E-state index in [4.69, 9.17) is 23.2 Å². The summed E-state index contributed by atoms with van der Waals surface area (Å²) < 4.78 is 1.38. The highest BCUT2D eigenvalue weighted by molar-refractivity contribution is 8.00. The first-order valence-electron chi connectivity index (χ1n) is 8.81. The van der Waals surface area contributed by atoms with E-state index < -0.39 is 0 Å². The van der Waals surface area contributed by atoms with Crippen LogP contribution in [0.2, 0.25) is 10.0 Å². The number of hydrogen-bond donors (Lipinski definition) is 0. The monoisotopic (exact) mass is 438 g/mol. The van der Waals surface area contributed by atoms with E-state index in [2.05, 4.69) is 5.10 Å². The molecule has 0 unspecified atom stereocenters. The SMILES string of the molecule is O=C1c2ccccc2-c2nn(C(=O)CSc3cc(Cl)ccc3Cl)c3cccc1c23. The average Bonchev–Trinajstić information content (AvgIpc) is 3.13. The smallest absolute Gasteiger partial charge is 0.257 e. The third-order valence-corrected chi connectivity index (χ3v) is 6.58. The number of nitrogens with zero attached hydrogens (tertiary/aromatic N) is 2. The standard InChI is InChI=1S/C22H12Cl2N2O2S/c23-12-8-9-16(24)18(10-12)29-11-19(27)26-17-7-3-6-15-20(17)21(25-26)13-4-1-2-5-14(13)22(15)28/h1-10H,11H2. The van der Waals surface area contributed by atoms with Crippen molar-refractivity contribution in [2.45, 2.75) is 4.90 Å². The lowest BCUT2D eigenvalue weighted by Gasteiger charge is -2.13. The minimum atomic E-state index is -0.203. The number of fused-ring (bicyclic) bond motifs is 2. The molecule has 3 aromatic carbocycles. The normalized spacial score (nSPS) is 12.3. The van der Waals surface area contributed by atoms with Crippen molar-refractivity contribution >= 4 is 57.6 Å². The molecule has 4 aromatic rings. The van der Waals surface area contributed by atoms with Gasteiger partial charge in [0.25, 0.3) is 5.91 Å². The summed E-state index contributed by atoms with van der Waals surface area (Å²) >= 11 is 13.5. The van der Waals surface area contributed by atoms with Crippen molar-refractivity contribution < 1.29 is 9.59 Å². The molecule has 1 aromatic heterocycles. The van der Waals surface area contributed by atoms with E-state index in [9.17, 15) is 9.59 Å². The van der Waals surface area contributed by atoms with Gasteiger partial charge in [0.1, 0.15) is 5.69 Å². The molecule has 7 heteroatoms. The van der Waals surface area contributed by atoms with Crippen LogP contribution in [0.25, 0.3) is 22.2 Å². The molecule has 1 aliphatic rings. The third kappa shape index (κ3) is 2.97. The Morgan fingerprint density at radius 3 is 2.55 bits per heavy atom. The summed E-state index contributed by atoms with van der Waals surface area (Å²) in [6.07, 6.45) is 0. The number of carbonyl (C=O) groups is 2. The third-order valence-electron chi connectivity index (χ3n) is 4.86. The van der Waals surface area contributed by atoms with Crippen molar-refractivity contribution in [3.8, 4) is 11.3 Å². The molecule has 0 atom stereocenters. The first kappa shape index (κ1) is 18.4. The molecule has 29 heavy (non-hydrogen) atoms. The molecule has 1 aliphatic carbocycles. The van der Waals surface area contributed by atoms with Crippen LogP contribution in [0, 0.1) is 0 Å². The first-order valence-corrected chi connectivity index (χ1v) is 10.6. The Kier molecular flexibility index (Phi) is 4.46.